The van der Waals surface area contributed by atoms with Crippen molar-refractivity contribution in [1.82, 2.24) is 5.32 Å². The summed E-state index contributed by atoms with van der Waals surface area (Å²) in [5, 5.41) is 3.22. The van der Waals surface area contributed by atoms with Crippen LogP contribution < -0.4 is 5.32 Å². The van der Waals surface area contributed by atoms with E-state index in [1.807, 2.05) is 0 Å². The first-order valence-corrected chi connectivity index (χ1v) is 9.13. The number of carbonyl (C=O) groups excluding carboxylic acids is 1. The molecule has 118 valence electrons. The van der Waals surface area contributed by atoms with Crippen LogP contribution in [0.5, 0.6) is 0 Å². The number of rotatable bonds is 6. The van der Waals surface area contributed by atoms with Crippen LogP contribution >= 0.6 is 0 Å². The van der Waals surface area contributed by atoms with Gasteiger partial charge in [0.1, 0.15) is 5.60 Å². The lowest BCUT2D eigenvalue weighted by molar-refractivity contribution is -0.154. The van der Waals surface area contributed by atoms with Gasteiger partial charge in [-0.1, -0.05) is 0 Å². The number of carbonyl (C=O) groups is 1. The van der Waals surface area contributed by atoms with Gasteiger partial charge in [0, 0.05) is 6.42 Å². The van der Waals surface area contributed by atoms with Crippen LogP contribution in [0.3, 0.4) is 0 Å². The van der Waals surface area contributed by atoms with E-state index in [-0.39, 0.29) is 29.8 Å². The highest BCUT2D eigenvalue weighted by Crippen LogP contribution is 2.14. The lowest BCUT2D eigenvalue weighted by atomic mass is 10.0. The molecule has 0 aromatic rings. The highest BCUT2D eigenvalue weighted by molar-refractivity contribution is 7.91. The summed E-state index contributed by atoms with van der Waals surface area (Å²) in [5.41, 5.74) is -0.510. The van der Waals surface area contributed by atoms with Crippen molar-refractivity contribution in [2.45, 2.75) is 52.1 Å². The first kappa shape index (κ1) is 17.4. The molecule has 0 aromatic heterocycles. The van der Waals surface area contributed by atoms with Crippen molar-refractivity contribution < 1.29 is 17.9 Å². The summed E-state index contributed by atoms with van der Waals surface area (Å²) < 4.78 is 29.1. The molecule has 1 N–H and O–H groups in total. The minimum atomic E-state index is -3.07. The molecule has 0 saturated carbocycles. The van der Waals surface area contributed by atoms with Gasteiger partial charge < -0.3 is 10.1 Å². The average Bonchev–Trinajstić information content (AvgIpc) is 2.26. The molecule has 1 saturated heterocycles. The molecule has 1 rings (SSSR count). The van der Waals surface area contributed by atoms with Gasteiger partial charge in [0.15, 0.2) is 9.84 Å². The molecule has 0 radical (unpaired) electrons. The van der Waals surface area contributed by atoms with Crippen LogP contribution in [0.1, 0.15) is 46.5 Å². The van der Waals surface area contributed by atoms with E-state index >= 15 is 0 Å². The fourth-order valence-electron chi connectivity index (χ4n) is 2.34. The highest BCUT2D eigenvalue weighted by atomic mass is 32.2. The zero-order valence-corrected chi connectivity index (χ0v) is 13.6. The Morgan fingerprint density at radius 3 is 2.60 bits per heavy atom. The number of hydrogen-bond donors (Lipinski definition) is 1. The second kappa shape index (κ2) is 7.41. The third-order valence-corrected chi connectivity index (χ3v) is 5.03. The number of esters is 1. The van der Waals surface area contributed by atoms with E-state index in [4.69, 9.17) is 4.74 Å². The summed E-state index contributed by atoms with van der Waals surface area (Å²) in [7, 11) is -3.07. The molecule has 6 heteroatoms. The van der Waals surface area contributed by atoms with Crippen molar-refractivity contribution in [3.8, 4) is 0 Å². The van der Waals surface area contributed by atoms with E-state index in [2.05, 4.69) is 5.32 Å². The number of piperidine rings is 1. The fourth-order valence-corrected chi connectivity index (χ4v) is 4.09. The molecule has 1 fully saturated rings. The summed E-state index contributed by atoms with van der Waals surface area (Å²) in [5.74, 6) is 0.194. The minimum absolute atomic E-state index is 0.0722. The van der Waals surface area contributed by atoms with Gasteiger partial charge in [-0.05, 0) is 59.0 Å². The number of sulfone groups is 1. The molecule has 20 heavy (non-hydrogen) atoms. The molecule has 1 heterocycles. The Labute approximate surface area is 122 Å². The SMILES string of the molecule is CC(C)(C)OC(=O)CCCS(=O)(=O)C[C@H]1CCCNC1. The van der Waals surface area contributed by atoms with Crippen LogP contribution in [0.25, 0.3) is 0 Å². The van der Waals surface area contributed by atoms with Gasteiger partial charge in [0.2, 0.25) is 0 Å². The second-order valence-electron chi connectivity index (χ2n) is 6.52. The molecule has 1 aliphatic rings. The Morgan fingerprint density at radius 2 is 2.05 bits per heavy atom. The molecule has 1 aliphatic heterocycles. The lowest BCUT2D eigenvalue weighted by Gasteiger charge is -2.22. The standard InChI is InChI=1S/C14H27NO4S/c1-14(2,3)19-13(16)7-5-9-20(17,18)11-12-6-4-8-15-10-12/h12,15H,4-11H2,1-3H3/t12-/m0/s1. The summed E-state index contributed by atoms with van der Waals surface area (Å²) in [4.78, 5) is 11.5. The molecule has 1 atom stereocenters. The molecular formula is C14H27NO4S. The molecule has 5 nitrogen and oxygen atoms in total. The van der Waals surface area contributed by atoms with Crippen LogP contribution in [0.15, 0.2) is 0 Å². The molecule has 0 aromatic carbocycles. The predicted octanol–water partition coefficient (Wildman–Crippen LogP) is 1.52. The van der Waals surface area contributed by atoms with Gasteiger partial charge in [-0.3, -0.25) is 4.79 Å². The average molecular weight is 305 g/mol. The van der Waals surface area contributed by atoms with Crippen molar-refractivity contribution in [2.24, 2.45) is 5.92 Å². The number of nitrogens with one attached hydrogen (secondary N) is 1. The largest absolute Gasteiger partial charge is 0.460 e. The monoisotopic (exact) mass is 305 g/mol. The highest BCUT2D eigenvalue weighted by Gasteiger charge is 2.22. The van der Waals surface area contributed by atoms with Crippen molar-refractivity contribution in [3.05, 3.63) is 0 Å². The van der Waals surface area contributed by atoms with Crippen molar-refractivity contribution >= 4 is 15.8 Å². The van der Waals surface area contributed by atoms with Crippen molar-refractivity contribution in [2.75, 3.05) is 24.6 Å². The van der Waals surface area contributed by atoms with E-state index in [1.54, 1.807) is 20.8 Å². The minimum Gasteiger partial charge on any atom is -0.460 e. The Balaban J connectivity index is 2.27. The van der Waals surface area contributed by atoms with Gasteiger partial charge in [-0.2, -0.15) is 0 Å². The van der Waals surface area contributed by atoms with Gasteiger partial charge in [0.05, 0.1) is 11.5 Å². The summed E-state index contributed by atoms with van der Waals surface area (Å²) >= 11 is 0. The first-order valence-electron chi connectivity index (χ1n) is 7.31. The van der Waals surface area contributed by atoms with E-state index in [0.29, 0.717) is 6.42 Å². The Bertz CT molecular complexity index is 405. The van der Waals surface area contributed by atoms with E-state index in [1.165, 1.54) is 0 Å². The molecule has 0 bridgehead atoms. The van der Waals surface area contributed by atoms with Crippen LogP contribution in [-0.2, 0) is 19.4 Å². The third-order valence-electron chi connectivity index (χ3n) is 3.14. The lowest BCUT2D eigenvalue weighted by Crippen LogP contribution is -2.34. The van der Waals surface area contributed by atoms with Crippen LogP contribution in [-0.4, -0.2) is 44.6 Å². The van der Waals surface area contributed by atoms with Gasteiger partial charge in [-0.15, -0.1) is 0 Å². The Morgan fingerprint density at radius 1 is 1.35 bits per heavy atom. The normalized spacial score (nSPS) is 20.6. The zero-order chi connectivity index (χ0) is 15.2. The van der Waals surface area contributed by atoms with Crippen molar-refractivity contribution in [1.29, 1.82) is 0 Å². The fraction of sp³-hybridized carbons (Fsp3) is 0.929. The second-order valence-corrected chi connectivity index (χ2v) is 8.75. The summed E-state index contributed by atoms with van der Waals surface area (Å²) in [6, 6.07) is 0. The van der Waals surface area contributed by atoms with Crippen LogP contribution in [0.2, 0.25) is 0 Å². The number of hydrogen-bond acceptors (Lipinski definition) is 5. The molecule has 0 spiro atoms. The van der Waals surface area contributed by atoms with E-state index < -0.39 is 15.4 Å². The Hall–Kier alpha value is -0.620. The molecule has 0 amide bonds. The smallest absolute Gasteiger partial charge is 0.306 e. The van der Waals surface area contributed by atoms with Crippen LogP contribution in [0.4, 0.5) is 0 Å². The van der Waals surface area contributed by atoms with Crippen molar-refractivity contribution in [3.63, 3.8) is 0 Å². The van der Waals surface area contributed by atoms with Gasteiger partial charge in [-0.25, -0.2) is 8.42 Å². The van der Waals surface area contributed by atoms with E-state index in [9.17, 15) is 13.2 Å². The molecular weight excluding hydrogens is 278 g/mol. The molecule has 0 aliphatic carbocycles. The van der Waals surface area contributed by atoms with E-state index in [0.717, 1.165) is 25.9 Å². The zero-order valence-electron chi connectivity index (χ0n) is 12.8. The quantitative estimate of drug-likeness (QED) is 0.753. The first-order chi connectivity index (χ1) is 9.18. The maximum atomic E-state index is 12.0. The maximum Gasteiger partial charge on any atom is 0.306 e. The van der Waals surface area contributed by atoms with Crippen LogP contribution in [0, 0.1) is 5.92 Å². The van der Waals surface area contributed by atoms with Gasteiger partial charge >= 0.3 is 5.97 Å². The summed E-state index contributed by atoms with van der Waals surface area (Å²) in [6.45, 7) is 7.17. The third kappa shape index (κ3) is 7.85. The topological polar surface area (TPSA) is 72.5 Å². The summed E-state index contributed by atoms with van der Waals surface area (Å²) in [6.07, 6.45) is 2.52. The molecule has 0 unspecified atom stereocenters. The predicted molar refractivity (Wildman–Crippen MR) is 79.3 cm³/mol. The van der Waals surface area contributed by atoms with Gasteiger partial charge in [0.25, 0.3) is 0 Å². The maximum absolute atomic E-state index is 12.0. The Kier molecular flexibility index (Phi) is 6.45. The number of ether oxygens (including phenoxy) is 1.